The molecule has 0 heterocycles. The molecule has 0 saturated carbocycles. The van der Waals surface area contributed by atoms with Gasteiger partial charge in [-0.3, -0.25) is 0 Å². The van der Waals surface area contributed by atoms with Crippen LogP contribution in [0.15, 0.2) is 24.3 Å². The third-order valence-electron chi connectivity index (χ3n) is 3.49. The van der Waals surface area contributed by atoms with E-state index in [-0.39, 0.29) is 12.5 Å². The molecule has 0 bridgehead atoms. The molecule has 0 aliphatic heterocycles. The van der Waals surface area contributed by atoms with Crippen molar-refractivity contribution in [2.75, 3.05) is 13.6 Å². The number of aliphatic hydroxyl groups is 1. The second-order valence-electron chi connectivity index (χ2n) is 6.96. The Morgan fingerprint density at radius 2 is 1.88 bits per heavy atom. The zero-order valence-corrected chi connectivity index (χ0v) is 14.6. The SMILES string of the molecule is CC(C)C(NC(=O)N(C)CC(C)(C)O)c1cccc(C(F)(F)F)c1. The van der Waals surface area contributed by atoms with Crippen LogP contribution in [0, 0.1) is 5.92 Å². The van der Waals surface area contributed by atoms with Crippen LogP contribution >= 0.6 is 0 Å². The molecule has 1 rings (SSSR count). The first kappa shape index (κ1) is 20.3. The van der Waals surface area contributed by atoms with Gasteiger partial charge in [0.2, 0.25) is 0 Å². The summed E-state index contributed by atoms with van der Waals surface area (Å²) in [7, 11) is 1.52. The van der Waals surface area contributed by atoms with Crippen LogP contribution < -0.4 is 5.32 Å². The minimum Gasteiger partial charge on any atom is -0.389 e. The molecule has 0 spiro atoms. The Morgan fingerprint density at radius 3 is 2.33 bits per heavy atom. The van der Waals surface area contributed by atoms with Crippen LogP contribution in [0.2, 0.25) is 0 Å². The normalized spacial score (nSPS) is 13.8. The lowest BCUT2D eigenvalue weighted by Gasteiger charge is -2.30. The summed E-state index contributed by atoms with van der Waals surface area (Å²) in [4.78, 5) is 13.6. The molecule has 4 nitrogen and oxygen atoms in total. The minimum atomic E-state index is -4.43. The standard InChI is InChI=1S/C17H25F3N2O2/c1-11(2)14(21-15(23)22(5)10-16(3,4)24)12-7-6-8-13(9-12)17(18,19)20/h6-9,11,14,24H,10H2,1-5H3,(H,21,23). The van der Waals surface area contributed by atoms with Crippen LogP contribution in [0.1, 0.15) is 44.9 Å². The smallest absolute Gasteiger partial charge is 0.389 e. The Bertz CT molecular complexity index is 566. The molecule has 24 heavy (non-hydrogen) atoms. The Labute approximate surface area is 140 Å². The molecule has 1 aromatic rings. The molecule has 0 fully saturated rings. The van der Waals surface area contributed by atoms with E-state index in [9.17, 15) is 23.1 Å². The second kappa shape index (κ2) is 7.42. The number of halogens is 3. The van der Waals surface area contributed by atoms with Crippen molar-refractivity contribution in [2.45, 2.75) is 45.5 Å². The van der Waals surface area contributed by atoms with Gasteiger partial charge < -0.3 is 15.3 Å². The quantitative estimate of drug-likeness (QED) is 0.852. The van der Waals surface area contributed by atoms with Gasteiger partial charge in [-0.2, -0.15) is 13.2 Å². The highest BCUT2D eigenvalue weighted by molar-refractivity contribution is 5.74. The molecule has 0 aromatic heterocycles. The molecule has 0 aliphatic rings. The lowest BCUT2D eigenvalue weighted by molar-refractivity contribution is -0.137. The number of rotatable bonds is 5. The molecule has 0 radical (unpaired) electrons. The fourth-order valence-corrected chi connectivity index (χ4v) is 2.44. The fourth-order valence-electron chi connectivity index (χ4n) is 2.44. The molecule has 7 heteroatoms. The van der Waals surface area contributed by atoms with Crippen LogP contribution in [0.5, 0.6) is 0 Å². The first-order valence-electron chi connectivity index (χ1n) is 7.72. The predicted molar refractivity (Wildman–Crippen MR) is 86.5 cm³/mol. The Balaban J connectivity index is 2.98. The van der Waals surface area contributed by atoms with E-state index in [4.69, 9.17) is 0 Å². The maximum Gasteiger partial charge on any atom is 0.416 e. The van der Waals surface area contributed by atoms with Gasteiger partial charge in [-0.15, -0.1) is 0 Å². The van der Waals surface area contributed by atoms with Crippen molar-refractivity contribution in [3.05, 3.63) is 35.4 Å². The van der Waals surface area contributed by atoms with Crippen molar-refractivity contribution < 1.29 is 23.1 Å². The van der Waals surface area contributed by atoms with E-state index in [0.717, 1.165) is 12.1 Å². The molecule has 1 aromatic carbocycles. The summed E-state index contributed by atoms with van der Waals surface area (Å²) in [5.74, 6) is -0.104. The Morgan fingerprint density at radius 1 is 1.29 bits per heavy atom. The summed E-state index contributed by atoms with van der Waals surface area (Å²) < 4.78 is 38.7. The molecule has 2 N–H and O–H groups in total. The van der Waals surface area contributed by atoms with E-state index >= 15 is 0 Å². The minimum absolute atomic E-state index is 0.103. The van der Waals surface area contributed by atoms with E-state index in [1.807, 2.05) is 13.8 Å². The lowest BCUT2D eigenvalue weighted by atomic mass is 9.94. The highest BCUT2D eigenvalue weighted by atomic mass is 19.4. The Hall–Kier alpha value is -1.76. The van der Waals surface area contributed by atoms with Crippen LogP contribution in [-0.4, -0.2) is 35.2 Å². The monoisotopic (exact) mass is 346 g/mol. The van der Waals surface area contributed by atoms with Gasteiger partial charge in [-0.1, -0.05) is 26.0 Å². The van der Waals surface area contributed by atoms with Crippen molar-refractivity contribution >= 4 is 6.03 Å². The number of alkyl halides is 3. The lowest BCUT2D eigenvalue weighted by Crippen LogP contribution is -2.46. The molecule has 0 aliphatic carbocycles. The number of hydrogen-bond donors (Lipinski definition) is 2. The van der Waals surface area contributed by atoms with Crippen molar-refractivity contribution in [3.8, 4) is 0 Å². The molecule has 0 saturated heterocycles. The number of hydrogen-bond acceptors (Lipinski definition) is 2. The van der Waals surface area contributed by atoms with Gasteiger partial charge in [0, 0.05) is 7.05 Å². The van der Waals surface area contributed by atoms with Gasteiger partial charge in [-0.25, -0.2) is 4.79 Å². The zero-order chi connectivity index (χ0) is 18.7. The predicted octanol–water partition coefficient (Wildman–Crippen LogP) is 3.81. The number of likely N-dealkylation sites (N-methyl/N-ethyl adjacent to an activating group) is 1. The average molecular weight is 346 g/mol. The van der Waals surface area contributed by atoms with Crippen molar-refractivity contribution in [2.24, 2.45) is 5.92 Å². The summed E-state index contributed by atoms with van der Waals surface area (Å²) in [5.41, 5.74) is -1.41. The van der Waals surface area contributed by atoms with E-state index in [2.05, 4.69) is 5.32 Å². The van der Waals surface area contributed by atoms with Gasteiger partial charge in [0.25, 0.3) is 0 Å². The third kappa shape index (κ3) is 6.03. The van der Waals surface area contributed by atoms with Crippen molar-refractivity contribution in [3.63, 3.8) is 0 Å². The zero-order valence-electron chi connectivity index (χ0n) is 14.6. The van der Waals surface area contributed by atoms with E-state index < -0.39 is 29.4 Å². The van der Waals surface area contributed by atoms with Gasteiger partial charge in [0.05, 0.1) is 23.8 Å². The second-order valence-corrected chi connectivity index (χ2v) is 6.96. The average Bonchev–Trinajstić information content (AvgIpc) is 2.41. The summed E-state index contributed by atoms with van der Waals surface area (Å²) in [6, 6.07) is 3.94. The maximum absolute atomic E-state index is 12.9. The van der Waals surface area contributed by atoms with Crippen LogP contribution in [-0.2, 0) is 6.18 Å². The van der Waals surface area contributed by atoms with Gasteiger partial charge in [0.1, 0.15) is 0 Å². The van der Waals surface area contributed by atoms with E-state index in [1.54, 1.807) is 19.9 Å². The number of carbonyl (C=O) groups is 1. The van der Waals surface area contributed by atoms with Crippen LogP contribution in [0.3, 0.4) is 0 Å². The molecular formula is C17H25F3N2O2. The van der Waals surface area contributed by atoms with Crippen molar-refractivity contribution in [1.82, 2.24) is 10.2 Å². The highest BCUT2D eigenvalue weighted by Crippen LogP contribution is 2.32. The van der Waals surface area contributed by atoms with Gasteiger partial charge >= 0.3 is 12.2 Å². The Kier molecular flexibility index (Phi) is 6.27. The summed E-state index contributed by atoms with van der Waals surface area (Å²) in [6.45, 7) is 6.89. The first-order valence-corrected chi connectivity index (χ1v) is 7.72. The topological polar surface area (TPSA) is 52.6 Å². The summed E-state index contributed by atoms with van der Waals surface area (Å²) >= 11 is 0. The van der Waals surface area contributed by atoms with Gasteiger partial charge in [-0.05, 0) is 37.5 Å². The number of nitrogens with zero attached hydrogens (tertiary/aromatic N) is 1. The molecule has 1 unspecified atom stereocenters. The summed E-state index contributed by atoms with van der Waals surface area (Å²) in [6.07, 6.45) is -4.43. The highest BCUT2D eigenvalue weighted by Gasteiger charge is 2.31. The van der Waals surface area contributed by atoms with Crippen LogP contribution in [0.25, 0.3) is 0 Å². The van der Waals surface area contributed by atoms with E-state index in [1.165, 1.54) is 18.0 Å². The van der Waals surface area contributed by atoms with E-state index in [0.29, 0.717) is 5.56 Å². The van der Waals surface area contributed by atoms with Crippen LogP contribution in [0.4, 0.5) is 18.0 Å². The summed E-state index contributed by atoms with van der Waals surface area (Å²) in [5, 5.41) is 12.5. The largest absolute Gasteiger partial charge is 0.416 e. The fraction of sp³-hybridized carbons (Fsp3) is 0.588. The number of amides is 2. The van der Waals surface area contributed by atoms with Crippen molar-refractivity contribution in [1.29, 1.82) is 0 Å². The number of carbonyl (C=O) groups excluding carboxylic acids is 1. The number of nitrogens with one attached hydrogen (secondary N) is 1. The molecular weight excluding hydrogens is 321 g/mol. The number of urea groups is 1. The molecule has 2 amide bonds. The third-order valence-corrected chi connectivity index (χ3v) is 3.49. The maximum atomic E-state index is 12.9. The molecule has 1 atom stereocenters. The van der Waals surface area contributed by atoms with Gasteiger partial charge in [0.15, 0.2) is 0 Å². The first-order chi connectivity index (χ1) is 10.8. The molecule has 136 valence electrons. The number of benzene rings is 1.